The highest BCUT2D eigenvalue weighted by atomic mass is 19.4. The smallest absolute Gasteiger partial charge is 0.355 e. The molecule has 0 aromatic carbocycles. The molecule has 4 nitrogen and oxygen atoms in total. The van der Waals surface area contributed by atoms with Gasteiger partial charge in [0.05, 0.1) is 0 Å². The van der Waals surface area contributed by atoms with E-state index < -0.39 is 11.9 Å². The lowest BCUT2D eigenvalue weighted by Gasteiger charge is -2.21. The van der Waals surface area contributed by atoms with E-state index in [0.717, 1.165) is 12.5 Å². The molecule has 0 saturated heterocycles. The van der Waals surface area contributed by atoms with Crippen LogP contribution < -0.4 is 10.6 Å². The maximum atomic E-state index is 12.3. The minimum Gasteiger partial charge on any atom is -0.355 e. The van der Waals surface area contributed by atoms with E-state index in [1.807, 2.05) is 11.8 Å². The van der Waals surface area contributed by atoms with Gasteiger partial charge in [0.15, 0.2) is 11.5 Å². The van der Waals surface area contributed by atoms with Crippen molar-refractivity contribution in [3.05, 3.63) is 17.8 Å². The summed E-state index contributed by atoms with van der Waals surface area (Å²) in [6.07, 6.45) is -3.68. The second kappa shape index (κ2) is 5.81. The van der Waals surface area contributed by atoms with Gasteiger partial charge in [-0.1, -0.05) is 0 Å². The number of aromatic nitrogens is 2. The number of halogens is 3. The van der Waals surface area contributed by atoms with Crippen molar-refractivity contribution < 1.29 is 13.2 Å². The standard InChI is InChI=1S/C10H15F3N4/c1-2-17(7-3-6-14)9-5-4-8(15-16-9)10(11,12)13/h4-5H,2-3,6-7,14H2,1H3. The zero-order chi connectivity index (χ0) is 12.9. The van der Waals surface area contributed by atoms with Crippen molar-refractivity contribution in [3.8, 4) is 0 Å². The van der Waals surface area contributed by atoms with Crippen molar-refractivity contribution in [2.45, 2.75) is 19.5 Å². The van der Waals surface area contributed by atoms with Crippen LogP contribution in [0.2, 0.25) is 0 Å². The first kappa shape index (κ1) is 13.7. The van der Waals surface area contributed by atoms with E-state index in [1.165, 1.54) is 6.07 Å². The van der Waals surface area contributed by atoms with Crippen molar-refractivity contribution in [3.63, 3.8) is 0 Å². The van der Waals surface area contributed by atoms with Gasteiger partial charge in [-0.15, -0.1) is 10.2 Å². The van der Waals surface area contributed by atoms with Crippen LogP contribution >= 0.6 is 0 Å². The number of hydrogen-bond acceptors (Lipinski definition) is 4. The van der Waals surface area contributed by atoms with Crippen LogP contribution in [-0.2, 0) is 6.18 Å². The van der Waals surface area contributed by atoms with E-state index in [4.69, 9.17) is 5.73 Å². The third-order valence-electron chi connectivity index (χ3n) is 2.28. The van der Waals surface area contributed by atoms with Gasteiger partial charge < -0.3 is 10.6 Å². The highest BCUT2D eigenvalue weighted by Gasteiger charge is 2.33. The van der Waals surface area contributed by atoms with Crippen LogP contribution in [0.4, 0.5) is 19.0 Å². The molecular formula is C10H15F3N4. The lowest BCUT2D eigenvalue weighted by Crippen LogP contribution is -2.27. The summed E-state index contributed by atoms with van der Waals surface area (Å²) in [5.41, 5.74) is 4.40. The Hall–Kier alpha value is -1.37. The molecule has 1 rings (SSSR count). The Balaban J connectivity index is 2.78. The molecule has 0 saturated carbocycles. The quantitative estimate of drug-likeness (QED) is 0.861. The van der Waals surface area contributed by atoms with Crippen LogP contribution in [0.1, 0.15) is 19.0 Å². The zero-order valence-electron chi connectivity index (χ0n) is 9.54. The monoisotopic (exact) mass is 248 g/mol. The Morgan fingerprint density at radius 1 is 1.29 bits per heavy atom. The maximum Gasteiger partial charge on any atom is 0.435 e. The first-order chi connectivity index (χ1) is 7.99. The summed E-state index contributed by atoms with van der Waals surface area (Å²) < 4.78 is 36.8. The molecule has 1 aromatic rings. The Bertz CT molecular complexity index is 336. The van der Waals surface area contributed by atoms with Gasteiger partial charge in [-0.2, -0.15) is 13.2 Å². The summed E-state index contributed by atoms with van der Waals surface area (Å²) in [5.74, 6) is 0.439. The van der Waals surface area contributed by atoms with Crippen LogP contribution in [0.25, 0.3) is 0 Å². The van der Waals surface area contributed by atoms with E-state index in [0.29, 0.717) is 25.5 Å². The van der Waals surface area contributed by atoms with Crippen molar-refractivity contribution >= 4 is 5.82 Å². The number of hydrogen-bond donors (Lipinski definition) is 1. The van der Waals surface area contributed by atoms with Gasteiger partial charge in [0.2, 0.25) is 0 Å². The molecule has 1 heterocycles. The number of alkyl halides is 3. The third kappa shape index (κ3) is 3.85. The highest BCUT2D eigenvalue weighted by Crippen LogP contribution is 2.27. The van der Waals surface area contributed by atoms with Crippen LogP contribution in [0.3, 0.4) is 0 Å². The van der Waals surface area contributed by atoms with Gasteiger partial charge in [-0.25, -0.2) is 0 Å². The normalized spacial score (nSPS) is 11.6. The van der Waals surface area contributed by atoms with Crippen LogP contribution in [0.15, 0.2) is 12.1 Å². The molecule has 7 heteroatoms. The van der Waals surface area contributed by atoms with E-state index >= 15 is 0 Å². The van der Waals surface area contributed by atoms with Crippen molar-refractivity contribution in [2.24, 2.45) is 5.73 Å². The topological polar surface area (TPSA) is 55.0 Å². The number of rotatable bonds is 5. The Morgan fingerprint density at radius 2 is 2.00 bits per heavy atom. The fourth-order valence-corrected chi connectivity index (χ4v) is 1.36. The molecule has 0 unspecified atom stereocenters. The van der Waals surface area contributed by atoms with Crippen LogP contribution in [0.5, 0.6) is 0 Å². The third-order valence-corrected chi connectivity index (χ3v) is 2.28. The van der Waals surface area contributed by atoms with Gasteiger partial charge in [-0.3, -0.25) is 0 Å². The lowest BCUT2D eigenvalue weighted by atomic mass is 10.3. The molecule has 0 aliphatic heterocycles. The molecule has 0 amide bonds. The van der Waals surface area contributed by atoms with E-state index in [2.05, 4.69) is 10.2 Å². The fraction of sp³-hybridized carbons (Fsp3) is 0.600. The van der Waals surface area contributed by atoms with Gasteiger partial charge in [-0.05, 0) is 32.0 Å². The van der Waals surface area contributed by atoms with Gasteiger partial charge in [0.25, 0.3) is 0 Å². The Labute approximate surface area is 97.6 Å². The molecule has 2 N–H and O–H groups in total. The first-order valence-electron chi connectivity index (χ1n) is 5.35. The molecular weight excluding hydrogens is 233 g/mol. The van der Waals surface area contributed by atoms with Crippen LogP contribution in [0, 0.1) is 0 Å². The second-order valence-corrected chi connectivity index (χ2v) is 3.50. The molecule has 0 aliphatic carbocycles. The lowest BCUT2D eigenvalue weighted by molar-refractivity contribution is -0.141. The van der Waals surface area contributed by atoms with Crippen molar-refractivity contribution in [1.29, 1.82) is 0 Å². The summed E-state index contributed by atoms with van der Waals surface area (Å²) in [6.45, 7) is 3.74. The van der Waals surface area contributed by atoms with E-state index in [1.54, 1.807) is 0 Å². The van der Waals surface area contributed by atoms with Crippen molar-refractivity contribution in [2.75, 3.05) is 24.5 Å². The van der Waals surface area contributed by atoms with Crippen LogP contribution in [-0.4, -0.2) is 29.8 Å². The summed E-state index contributed by atoms with van der Waals surface area (Å²) in [6, 6.07) is 2.27. The maximum absolute atomic E-state index is 12.3. The summed E-state index contributed by atoms with van der Waals surface area (Å²) in [4.78, 5) is 1.83. The highest BCUT2D eigenvalue weighted by molar-refractivity contribution is 5.37. The molecule has 0 aliphatic rings. The van der Waals surface area contributed by atoms with E-state index in [-0.39, 0.29) is 0 Å². The molecule has 17 heavy (non-hydrogen) atoms. The summed E-state index contributed by atoms with van der Waals surface area (Å²) in [7, 11) is 0. The Morgan fingerprint density at radius 3 is 2.41 bits per heavy atom. The number of nitrogens with zero attached hydrogens (tertiary/aromatic N) is 3. The minimum atomic E-state index is -4.44. The first-order valence-corrected chi connectivity index (χ1v) is 5.35. The fourth-order valence-electron chi connectivity index (χ4n) is 1.36. The SMILES string of the molecule is CCN(CCCN)c1ccc(C(F)(F)F)nn1. The zero-order valence-corrected chi connectivity index (χ0v) is 9.54. The number of nitrogens with two attached hydrogens (primary N) is 1. The largest absolute Gasteiger partial charge is 0.435 e. The van der Waals surface area contributed by atoms with Gasteiger partial charge >= 0.3 is 6.18 Å². The van der Waals surface area contributed by atoms with Gasteiger partial charge in [0.1, 0.15) is 0 Å². The molecule has 1 aromatic heterocycles. The van der Waals surface area contributed by atoms with Gasteiger partial charge in [0, 0.05) is 13.1 Å². The predicted octanol–water partition coefficient (Wildman–Crippen LogP) is 1.67. The predicted molar refractivity (Wildman–Crippen MR) is 58.6 cm³/mol. The second-order valence-electron chi connectivity index (χ2n) is 3.50. The van der Waals surface area contributed by atoms with E-state index in [9.17, 15) is 13.2 Å². The summed E-state index contributed by atoms with van der Waals surface area (Å²) >= 11 is 0. The minimum absolute atomic E-state index is 0.439. The molecule has 0 fully saturated rings. The molecule has 0 spiro atoms. The molecule has 0 atom stereocenters. The average molecular weight is 248 g/mol. The Kier molecular flexibility index (Phi) is 4.68. The molecule has 96 valence electrons. The molecule has 0 bridgehead atoms. The summed E-state index contributed by atoms with van der Waals surface area (Å²) in [5, 5.41) is 6.76. The average Bonchev–Trinajstić information content (AvgIpc) is 2.29. The molecule has 0 radical (unpaired) electrons. The number of anilines is 1. The van der Waals surface area contributed by atoms with Crippen molar-refractivity contribution in [1.82, 2.24) is 10.2 Å².